The van der Waals surface area contributed by atoms with Gasteiger partial charge in [0.25, 0.3) is 0 Å². The summed E-state index contributed by atoms with van der Waals surface area (Å²) in [4.78, 5) is 28.8. The zero-order valence-electron chi connectivity index (χ0n) is 25.4. The molecule has 0 fully saturated rings. The van der Waals surface area contributed by atoms with Gasteiger partial charge in [-0.25, -0.2) is 9.97 Å². The van der Waals surface area contributed by atoms with Gasteiger partial charge in [0.15, 0.2) is 0 Å². The quantitative estimate of drug-likeness (QED) is 0.230. The number of nitrogens with one attached hydrogen (secondary N) is 2. The summed E-state index contributed by atoms with van der Waals surface area (Å²) in [6, 6.07) is 3.81. The molecule has 6 rings (SSSR count). The number of carboxylic acid groups (broad SMARTS) is 1. The third-order valence-electron chi connectivity index (χ3n) is 9.49. The van der Waals surface area contributed by atoms with E-state index in [4.69, 9.17) is 9.97 Å². The lowest BCUT2D eigenvalue weighted by molar-refractivity contribution is -0.137. The number of hydrogen-bond acceptors (Lipinski definition) is 6. The van der Waals surface area contributed by atoms with Crippen LogP contribution < -0.4 is 0 Å². The summed E-state index contributed by atoms with van der Waals surface area (Å²) >= 11 is 0. The molecule has 2 aromatic rings. The number of carboxylic acids is 1. The molecular weight excluding hydrogens is 544 g/mol. The van der Waals surface area contributed by atoms with Crippen molar-refractivity contribution in [3.63, 3.8) is 0 Å². The van der Waals surface area contributed by atoms with Crippen LogP contribution in [0.4, 0.5) is 0 Å². The molecule has 9 nitrogen and oxygen atoms in total. The average Bonchev–Trinajstić information content (AvgIpc) is 3.71. The average molecular weight is 583 g/mol. The maximum absolute atomic E-state index is 11.7. The fourth-order valence-electron chi connectivity index (χ4n) is 7.32. The Kier molecular flexibility index (Phi) is 7.06. The Hall–Kier alpha value is -4.21. The van der Waals surface area contributed by atoms with Gasteiger partial charge >= 0.3 is 5.97 Å². The van der Waals surface area contributed by atoms with Gasteiger partial charge in [-0.15, -0.1) is 0 Å². The molecular formula is C34H38N4O5. The monoisotopic (exact) mass is 582 g/mol. The fraction of sp³-hybridized carbons (Fsp3) is 0.382. The third kappa shape index (κ3) is 4.41. The smallest absolute Gasteiger partial charge is 0.303 e. The largest absolute Gasteiger partial charge is 0.507 e. The van der Waals surface area contributed by atoms with E-state index in [0.29, 0.717) is 29.8 Å². The van der Waals surface area contributed by atoms with Gasteiger partial charge in [0.1, 0.15) is 5.76 Å². The highest BCUT2D eigenvalue weighted by Gasteiger charge is 2.35. The highest BCUT2D eigenvalue weighted by atomic mass is 16.4. The molecule has 6 N–H and O–H groups in total. The predicted molar refractivity (Wildman–Crippen MR) is 169 cm³/mol. The van der Waals surface area contributed by atoms with Gasteiger partial charge < -0.3 is 30.4 Å². The van der Waals surface area contributed by atoms with Crippen molar-refractivity contribution in [2.45, 2.75) is 78.7 Å². The lowest BCUT2D eigenvalue weighted by atomic mass is 9.84. The lowest BCUT2D eigenvalue weighted by Gasteiger charge is -2.17. The number of aliphatic carboxylic acids is 1. The van der Waals surface area contributed by atoms with Gasteiger partial charge in [-0.2, -0.15) is 0 Å². The number of carbonyl (C=O) groups is 1. The van der Waals surface area contributed by atoms with E-state index in [1.54, 1.807) is 13.0 Å². The molecule has 9 heteroatoms. The molecule has 224 valence electrons. The van der Waals surface area contributed by atoms with Crippen molar-refractivity contribution in [1.82, 2.24) is 19.9 Å². The van der Waals surface area contributed by atoms with Crippen LogP contribution >= 0.6 is 0 Å². The number of aryl methyl sites for hydroxylation is 1. The van der Waals surface area contributed by atoms with Gasteiger partial charge in [0.2, 0.25) is 0 Å². The number of rotatable bonds is 6. The van der Waals surface area contributed by atoms with E-state index in [9.17, 15) is 25.2 Å². The van der Waals surface area contributed by atoms with Crippen LogP contribution in [0.1, 0.15) is 115 Å². The van der Waals surface area contributed by atoms with Crippen molar-refractivity contribution in [2.24, 2.45) is 0 Å². The van der Waals surface area contributed by atoms with E-state index in [1.165, 1.54) is 0 Å². The second-order valence-electron chi connectivity index (χ2n) is 12.0. The number of aromatic amines is 2. The van der Waals surface area contributed by atoms with E-state index < -0.39 is 12.1 Å². The molecule has 0 saturated heterocycles. The van der Waals surface area contributed by atoms with Crippen molar-refractivity contribution in [1.29, 1.82) is 0 Å². The van der Waals surface area contributed by atoms with Crippen LogP contribution in [-0.4, -0.2) is 59.0 Å². The molecule has 1 aliphatic carbocycles. The van der Waals surface area contributed by atoms with Gasteiger partial charge in [0, 0.05) is 57.4 Å². The van der Waals surface area contributed by atoms with E-state index in [2.05, 4.69) is 16.9 Å². The maximum atomic E-state index is 11.7. The number of allylic oxidation sites excluding steroid dienone is 2. The molecule has 2 aromatic heterocycles. The summed E-state index contributed by atoms with van der Waals surface area (Å²) in [7, 11) is 0. The molecule has 0 aromatic carbocycles. The molecule has 0 spiro atoms. The SMILES string of the molecule is CCC1=C(CO)c2cc3nc(c(C)c4[nH]c(c5c6[nH]c(cc1n2)c(C)c6C(O)=C5)[C@@H](CCC(=O)O)[C@@H]4C)C(C)=C3[C@@H](C)O. The minimum atomic E-state index is -0.854. The molecule has 4 aliphatic rings. The van der Waals surface area contributed by atoms with Crippen molar-refractivity contribution in [3.05, 3.63) is 68.6 Å². The van der Waals surface area contributed by atoms with Gasteiger partial charge in [-0.3, -0.25) is 4.79 Å². The van der Waals surface area contributed by atoms with Crippen LogP contribution in [-0.2, 0) is 4.79 Å². The highest BCUT2D eigenvalue weighted by Crippen LogP contribution is 2.47. The van der Waals surface area contributed by atoms with Crippen LogP contribution in [0.25, 0.3) is 45.2 Å². The third-order valence-corrected chi connectivity index (χ3v) is 9.49. The predicted octanol–water partition coefficient (Wildman–Crippen LogP) is 6.40. The number of hydrogen-bond donors (Lipinski definition) is 6. The maximum Gasteiger partial charge on any atom is 0.303 e. The number of aliphatic hydroxyl groups is 3. The minimum Gasteiger partial charge on any atom is -0.507 e. The molecule has 0 unspecified atom stereocenters. The highest BCUT2D eigenvalue weighted by molar-refractivity contribution is 6.02. The van der Waals surface area contributed by atoms with E-state index in [-0.39, 0.29) is 30.6 Å². The van der Waals surface area contributed by atoms with Gasteiger partial charge in [-0.1, -0.05) is 13.8 Å². The van der Waals surface area contributed by atoms with Crippen molar-refractivity contribution in [2.75, 3.05) is 6.61 Å². The zero-order valence-corrected chi connectivity index (χ0v) is 25.4. The van der Waals surface area contributed by atoms with Gasteiger partial charge in [0.05, 0.1) is 41.0 Å². The first-order valence-electron chi connectivity index (χ1n) is 14.9. The van der Waals surface area contributed by atoms with E-state index in [1.807, 2.05) is 39.8 Å². The summed E-state index contributed by atoms with van der Waals surface area (Å²) in [5.74, 6) is -0.880. The Labute approximate surface area is 250 Å². The molecule has 3 aliphatic heterocycles. The van der Waals surface area contributed by atoms with Crippen LogP contribution in [0.2, 0.25) is 0 Å². The van der Waals surface area contributed by atoms with E-state index in [0.717, 1.165) is 72.8 Å². The number of aromatic nitrogens is 4. The van der Waals surface area contributed by atoms with Crippen molar-refractivity contribution < 1.29 is 25.2 Å². The van der Waals surface area contributed by atoms with E-state index >= 15 is 0 Å². The molecule has 0 radical (unpaired) electrons. The summed E-state index contributed by atoms with van der Waals surface area (Å²) in [6.45, 7) is 11.6. The summed E-state index contributed by atoms with van der Waals surface area (Å²) in [5, 5.41) is 42.0. The van der Waals surface area contributed by atoms with Gasteiger partial charge in [-0.05, 0) is 81.0 Å². The van der Waals surface area contributed by atoms with Crippen LogP contribution in [0.15, 0.2) is 12.1 Å². The number of fused-ring (bicyclic) bond motifs is 8. The first-order valence-corrected chi connectivity index (χ1v) is 14.9. The molecule has 8 bridgehead atoms. The normalized spacial score (nSPS) is 19.2. The number of aliphatic hydroxyl groups excluding tert-OH is 3. The standard InChI is InChI=1S/C34H38N4O5/c1-7-19-22(13-39)25-12-26-29(18(6)40)16(4)32(37-26)17(5)31-14(2)20(8-9-28(42)43)33(38-31)21-10-27(41)30-15(3)23(36-34(21)30)11-24(19)35-25/h10-12,14,18,20,36,38-41H,7-9,13H2,1-6H3,(H,42,43)/t14-,18+,20-/m0/s1. The number of nitrogens with zero attached hydrogens (tertiary/aromatic N) is 2. The van der Waals surface area contributed by atoms with Crippen LogP contribution in [0.5, 0.6) is 0 Å². The first-order chi connectivity index (χ1) is 20.5. The topological polar surface area (TPSA) is 155 Å². The van der Waals surface area contributed by atoms with Crippen molar-refractivity contribution >= 4 is 51.1 Å². The van der Waals surface area contributed by atoms with Crippen LogP contribution in [0.3, 0.4) is 0 Å². The molecule has 3 atom stereocenters. The zero-order chi connectivity index (χ0) is 30.9. The molecule has 5 heterocycles. The fourth-order valence-corrected chi connectivity index (χ4v) is 7.32. The lowest BCUT2D eigenvalue weighted by Crippen LogP contribution is -2.07. The Bertz CT molecular complexity index is 1870. The Morgan fingerprint density at radius 2 is 1.74 bits per heavy atom. The summed E-state index contributed by atoms with van der Waals surface area (Å²) in [5.41, 5.74) is 12.6. The second kappa shape index (κ2) is 10.5. The Balaban J connectivity index is 1.80. The van der Waals surface area contributed by atoms with Crippen LogP contribution in [0, 0.1) is 13.8 Å². The first kappa shape index (κ1) is 28.9. The number of H-pyrrole nitrogens is 2. The summed E-state index contributed by atoms with van der Waals surface area (Å²) < 4.78 is 0. The molecule has 0 saturated carbocycles. The minimum absolute atomic E-state index is 0.0157. The summed E-state index contributed by atoms with van der Waals surface area (Å²) in [6.07, 6.45) is 2.07. The molecule has 0 amide bonds. The Morgan fingerprint density at radius 1 is 1.02 bits per heavy atom. The molecule has 43 heavy (non-hydrogen) atoms. The second-order valence-corrected chi connectivity index (χ2v) is 12.0. The van der Waals surface area contributed by atoms with Crippen molar-refractivity contribution in [3.8, 4) is 0 Å². The Morgan fingerprint density at radius 3 is 2.40 bits per heavy atom.